The summed E-state index contributed by atoms with van der Waals surface area (Å²) in [7, 11) is -3.12. The minimum Gasteiger partial charge on any atom is -0.491 e. The molecule has 1 aromatic carbocycles. The number of anilines is 1. The largest absolute Gasteiger partial charge is 0.491 e. The second-order valence-electron chi connectivity index (χ2n) is 5.38. The number of carbonyl (C=O) groups is 1. The average Bonchev–Trinajstić information content (AvgIpc) is 2.45. The Morgan fingerprint density at radius 2 is 1.87 bits per heavy atom. The van der Waals surface area contributed by atoms with E-state index in [0.29, 0.717) is 5.69 Å². The highest BCUT2D eigenvalue weighted by molar-refractivity contribution is 7.90. The summed E-state index contributed by atoms with van der Waals surface area (Å²) in [5.41, 5.74) is 6.28. The van der Waals surface area contributed by atoms with Crippen molar-refractivity contribution >= 4 is 33.8 Å². The first-order valence-corrected chi connectivity index (χ1v) is 9.28. The van der Waals surface area contributed by atoms with Crippen molar-refractivity contribution in [3.05, 3.63) is 24.3 Å². The molecule has 0 aliphatic rings. The Bertz CT molecular complexity index is 590. The summed E-state index contributed by atoms with van der Waals surface area (Å²) in [6.45, 7) is 4.02. The van der Waals surface area contributed by atoms with Crippen LogP contribution in [-0.2, 0) is 14.6 Å². The second kappa shape index (κ2) is 9.75. The lowest BCUT2D eigenvalue weighted by atomic mass is 10.2. The van der Waals surface area contributed by atoms with Gasteiger partial charge in [-0.05, 0) is 44.0 Å². The molecule has 0 spiro atoms. The number of amides is 1. The molecule has 1 aromatic rings. The molecular formula is C15H25ClN2O4S. The lowest BCUT2D eigenvalue weighted by molar-refractivity contribution is -0.117. The second-order valence-corrected chi connectivity index (χ2v) is 7.64. The van der Waals surface area contributed by atoms with Crippen LogP contribution in [0.5, 0.6) is 5.75 Å². The van der Waals surface area contributed by atoms with Crippen LogP contribution in [0.15, 0.2) is 24.3 Å². The molecule has 0 aliphatic heterocycles. The fourth-order valence-corrected chi connectivity index (χ4v) is 2.32. The Kier molecular flexibility index (Phi) is 9.19. The maximum atomic E-state index is 11.9. The first-order chi connectivity index (χ1) is 10.2. The number of ether oxygens (including phenoxy) is 1. The number of sulfone groups is 1. The molecule has 2 unspecified atom stereocenters. The van der Waals surface area contributed by atoms with Crippen LogP contribution in [0.4, 0.5) is 5.69 Å². The standard InChI is InChI=1S/C15H24N2O4S.ClH/c1-4-11(2)21-13-7-5-12(6-8-13)17-15(18)14(16)9-10-22(3,19)20;/h5-8,11,14H,4,9-10,16H2,1-3H3,(H,17,18);1H. The molecule has 0 radical (unpaired) electrons. The van der Waals surface area contributed by atoms with Crippen LogP contribution in [0.2, 0.25) is 0 Å². The predicted molar refractivity (Wildman–Crippen MR) is 95.0 cm³/mol. The van der Waals surface area contributed by atoms with Crippen molar-refractivity contribution in [3.63, 3.8) is 0 Å². The van der Waals surface area contributed by atoms with Crippen molar-refractivity contribution in [2.45, 2.75) is 38.8 Å². The van der Waals surface area contributed by atoms with Gasteiger partial charge >= 0.3 is 0 Å². The third-order valence-electron chi connectivity index (χ3n) is 3.17. The summed E-state index contributed by atoms with van der Waals surface area (Å²) in [5.74, 6) is 0.219. The highest BCUT2D eigenvalue weighted by atomic mass is 35.5. The van der Waals surface area contributed by atoms with Crippen molar-refractivity contribution < 1.29 is 17.9 Å². The van der Waals surface area contributed by atoms with Crippen LogP contribution in [0.25, 0.3) is 0 Å². The van der Waals surface area contributed by atoms with E-state index in [4.69, 9.17) is 10.5 Å². The minimum atomic E-state index is -3.12. The lowest BCUT2D eigenvalue weighted by Gasteiger charge is -2.14. The first-order valence-electron chi connectivity index (χ1n) is 7.22. The molecule has 132 valence electrons. The molecule has 0 saturated heterocycles. The van der Waals surface area contributed by atoms with Crippen LogP contribution < -0.4 is 15.8 Å². The van der Waals surface area contributed by atoms with Gasteiger partial charge in [0.05, 0.1) is 17.9 Å². The Hall–Kier alpha value is -1.31. The number of hydrogen-bond acceptors (Lipinski definition) is 5. The minimum absolute atomic E-state index is 0. The van der Waals surface area contributed by atoms with E-state index in [1.807, 2.05) is 13.8 Å². The maximum absolute atomic E-state index is 11.9. The number of hydrogen-bond donors (Lipinski definition) is 2. The lowest BCUT2D eigenvalue weighted by Crippen LogP contribution is -2.37. The zero-order valence-electron chi connectivity index (χ0n) is 13.6. The van der Waals surface area contributed by atoms with E-state index in [-0.39, 0.29) is 30.7 Å². The van der Waals surface area contributed by atoms with Gasteiger partial charge in [0.2, 0.25) is 5.91 Å². The van der Waals surface area contributed by atoms with Gasteiger partial charge in [-0.2, -0.15) is 0 Å². The smallest absolute Gasteiger partial charge is 0.241 e. The highest BCUT2D eigenvalue weighted by Gasteiger charge is 2.16. The van der Waals surface area contributed by atoms with Crippen LogP contribution in [0, 0.1) is 0 Å². The van der Waals surface area contributed by atoms with E-state index >= 15 is 0 Å². The number of nitrogens with two attached hydrogens (primary N) is 1. The van der Waals surface area contributed by atoms with Gasteiger partial charge < -0.3 is 15.8 Å². The van der Waals surface area contributed by atoms with Gasteiger partial charge in [0, 0.05) is 11.9 Å². The van der Waals surface area contributed by atoms with E-state index in [0.717, 1.165) is 18.4 Å². The molecule has 0 fully saturated rings. The molecular weight excluding hydrogens is 340 g/mol. The number of carbonyl (C=O) groups excluding carboxylic acids is 1. The van der Waals surface area contributed by atoms with Crippen molar-refractivity contribution in [2.24, 2.45) is 5.73 Å². The zero-order chi connectivity index (χ0) is 16.8. The van der Waals surface area contributed by atoms with Gasteiger partial charge in [-0.25, -0.2) is 8.42 Å². The summed E-state index contributed by atoms with van der Waals surface area (Å²) in [4.78, 5) is 11.9. The molecule has 1 rings (SSSR count). The Morgan fingerprint density at radius 3 is 2.35 bits per heavy atom. The van der Waals surface area contributed by atoms with Crippen molar-refractivity contribution in [3.8, 4) is 5.75 Å². The van der Waals surface area contributed by atoms with Crippen LogP contribution in [0.1, 0.15) is 26.7 Å². The van der Waals surface area contributed by atoms with Crippen LogP contribution in [-0.4, -0.2) is 38.5 Å². The summed E-state index contributed by atoms with van der Waals surface area (Å²) >= 11 is 0. The normalized spacial score (nSPS) is 13.6. The predicted octanol–water partition coefficient (Wildman–Crippen LogP) is 1.99. The molecule has 0 heterocycles. The molecule has 8 heteroatoms. The van der Waals surface area contributed by atoms with Gasteiger partial charge in [-0.1, -0.05) is 6.92 Å². The fraction of sp³-hybridized carbons (Fsp3) is 0.533. The third-order valence-corrected chi connectivity index (χ3v) is 4.15. The van der Waals surface area contributed by atoms with Gasteiger partial charge in [0.25, 0.3) is 0 Å². The Balaban J connectivity index is 0.00000484. The molecule has 0 saturated carbocycles. The van der Waals surface area contributed by atoms with Gasteiger partial charge in [0.15, 0.2) is 0 Å². The quantitative estimate of drug-likeness (QED) is 0.734. The maximum Gasteiger partial charge on any atom is 0.241 e. The van der Waals surface area contributed by atoms with E-state index in [9.17, 15) is 13.2 Å². The monoisotopic (exact) mass is 364 g/mol. The topological polar surface area (TPSA) is 98.5 Å². The van der Waals surface area contributed by atoms with Gasteiger partial charge in [-0.3, -0.25) is 4.79 Å². The molecule has 0 aromatic heterocycles. The molecule has 2 atom stereocenters. The number of halogens is 1. The third kappa shape index (κ3) is 8.78. The summed E-state index contributed by atoms with van der Waals surface area (Å²) in [6.07, 6.45) is 2.26. The van der Waals surface area contributed by atoms with Gasteiger partial charge in [0.1, 0.15) is 15.6 Å². The van der Waals surface area contributed by atoms with Crippen LogP contribution in [0.3, 0.4) is 0 Å². The van der Waals surface area contributed by atoms with Crippen LogP contribution >= 0.6 is 12.4 Å². The number of rotatable bonds is 8. The van der Waals surface area contributed by atoms with E-state index < -0.39 is 21.8 Å². The van der Waals surface area contributed by atoms with Crippen molar-refractivity contribution in [2.75, 3.05) is 17.3 Å². The Labute approximate surface area is 144 Å². The number of nitrogens with one attached hydrogen (secondary N) is 1. The molecule has 0 aliphatic carbocycles. The molecule has 0 bridgehead atoms. The Morgan fingerprint density at radius 1 is 1.30 bits per heavy atom. The highest BCUT2D eigenvalue weighted by Crippen LogP contribution is 2.17. The van der Waals surface area contributed by atoms with Crippen molar-refractivity contribution in [1.29, 1.82) is 0 Å². The first kappa shape index (κ1) is 21.7. The molecule has 3 N–H and O–H groups in total. The summed E-state index contributed by atoms with van der Waals surface area (Å²) < 4.78 is 27.8. The molecule has 23 heavy (non-hydrogen) atoms. The van der Waals surface area contributed by atoms with E-state index in [1.165, 1.54) is 0 Å². The molecule has 1 amide bonds. The fourth-order valence-electron chi connectivity index (χ4n) is 1.64. The van der Waals surface area contributed by atoms with E-state index in [1.54, 1.807) is 24.3 Å². The SMILES string of the molecule is CCC(C)Oc1ccc(NC(=O)C(N)CCS(C)(=O)=O)cc1.Cl. The van der Waals surface area contributed by atoms with E-state index in [2.05, 4.69) is 5.32 Å². The zero-order valence-corrected chi connectivity index (χ0v) is 15.2. The summed E-state index contributed by atoms with van der Waals surface area (Å²) in [5, 5.41) is 2.66. The van der Waals surface area contributed by atoms with Gasteiger partial charge in [-0.15, -0.1) is 12.4 Å². The molecule has 6 nitrogen and oxygen atoms in total. The summed E-state index contributed by atoms with van der Waals surface area (Å²) in [6, 6.07) is 6.12. The number of benzene rings is 1. The van der Waals surface area contributed by atoms with Crippen molar-refractivity contribution in [1.82, 2.24) is 0 Å². The average molecular weight is 365 g/mol.